The van der Waals surface area contributed by atoms with Gasteiger partial charge in [0.05, 0.1) is 33.2 Å². The van der Waals surface area contributed by atoms with Crippen molar-refractivity contribution >= 4 is 28.9 Å². The maximum atomic E-state index is 6.25. The van der Waals surface area contributed by atoms with E-state index in [1.54, 1.807) is 6.07 Å². The Morgan fingerprint density at radius 2 is 1.95 bits per heavy atom. The van der Waals surface area contributed by atoms with Gasteiger partial charge in [-0.3, -0.25) is 4.68 Å². The molecule has 1 aromatic heterocycles. The number of halogens is 2. The average molecular weight is 298 g/mol. The van der Waals surface area contributed by atoms with Crippen LogP contribution in [-0.2, 0) is 7.05 Å². The van der Waals surface area contributed by atoms with Crippen LogP contribution in [0.1, 0.15) is 29.9 Å². The highest BCUT2D eigenvalue weighted by Crippen LogP contribution is 2.32. The highest BCUT2D eigenvalue weighted by atomic mass is 35.5. The number of nitrogens with one attached hydrogen (secondary N) is 1. The van der Waals surface area contributed by atoms with Gasteiger partial charge in [-0.25, -0.2) is 0 Å². The second-order valence-corrected chi connectivity index (χ2v) is 5.46. The molecule has 0 saturated heterocycles. The summed E-state index contributed by atoms with van der Waals surface area (Å²) in [5.41, 5.74) is 4.11. The molecule has 1 aromatic carbocycles. The van der Waals surface area contributed by atoms with E-state index in [1.807, 2.05) is 37.7 Å². The molecule has 1 atom stereocenters. The van der Waals surface area contributed by atoms with Gasteiger partial charge in [-0.2, -0.15) is 5.10 Å². The van der Waals surface area contributed by atoms with Crippen molar-refractivity contribution in [3.05, 3.63) is 45.2 Å². The molecule has 0 radical (unpaired) electrons. The Morgan fingerprint density at radius 3 is 2.53 bits per heavy atom. The monoisotopic (exact) mass is 297 g/mol. The quantitative estimate of drug-likeness (QED) is 0.903. The van der Waals surface area contributed by atoms with E-state index < -0.39 is 0 Å². The van der Waals surface area contributed by atoms with E-state index in [9.17, 15) is 0 Å². The summed E-state index contributed by atoms with van der Waals surface area (Å²) in [4.78, 5) is 0. The van der Waals surface area contributed by atoms with E-state index >= 15 is 0 Å². The zero-order valence-electron chi connectivity index (χ0n) is 11.5. The highest BCUT2D eigenvalue weighted by Gasteiger charge is 2.16. The van der Waals surface area contributed by atoms with Gasteiger partial charge in [0.2, 0.25) is 0 Å². The third-order valence-electron chi connectivity index (χ3n) is 3.32. The van der Waals surface area contributed by atoms with Gasteiger partial charge < -0.3 is 5.32 Å². The molecule has 1 unspecified atom stereocenters. The molecular formula is C14H17Cl2N3. The minimum atomic E-state index is 0.0628. The third kappa shape index (κ3) is 2.72. The lowest BCUT2D eigenvalue weighted by Crippen LogP contribution is -2.09. The smallest absolute Gasteiger partial charge is 0.0828 e. The van der Waals surface area contributed by atoms with Crippen LogP contribution in [0.5, 0.6) is 0 Å². The lowest BCUT2D eigenvalue weighted by molar-refractivity contribution is 0.731. The Hall–Kier alpha value is -1.19. The Morgan fingerprint density at radius 1 is 1.26 bits per heavy atom. The third-order valence-corrected chi connectivity index (χ3v) is 4.15. The number of aryl methyl sites for hydroxylation is 2. The molecule has 0 fully saturated rings. The fourth-order valence-corrected chi connectivity index (χ4v) is 2.60. The molecule has 0 aliphatic rings. The first kappa shape index (κ1) is 14.2. The van der Waals surface area contributed by atoms with Crippen molar-refractivity contribution in [1.29, 1.82) is 0 Å². The van der Waals surface area contributed by atoms with Crippen molar-refractivity contribution in [1.82, 2.24) is 9.78 Å². The van der Waals surface area contributed by atoms with Crippen molar-refractivity contribution in [2.45, 2.75) is 26.8 Å². The van der Waals surface area contributed by atoms with E-state index in [0.29, 0.717) is 10.0 Å². The molecular weight excluding hydrogens is 281 g/mol. The fourth-order valence-electron chi connectivity index (χ4n) is 2.13. The first-order valence-corrected chi connectivity index (χ1v) is 6.88. The molecule has 1 heterocycles. The molecule has 19 heavy (non-hydrogen) atoms. The van der Waals surface area contributed by atoms with Crippen molar-refractivity contribution in [3.8, 4) is 0 Å². The largest absolute Gasteiger partial charge is 0.375 e. The average Bonchev–Trinajstić information content (AvgIpc) is 2.59. The van der Waals surface area contributed by atoms with Crippen molar-refractivity contribution in [2.75, 3.05) is 5.32 Å². The standard InChI is InChI=1S/C14H17Cl2N3/c1-8(11-6-5-7-12(15)13(11)16)17-14-9(2)18-19(4)10(14)3/h5-8,17H,1-4H3. The summed E-state index contributed by atoms with van der Waals surface area (Å²) < 4.78 is 1.87. The molecule has 0 spiro atoms. The zero-order chi connectivity index (χ0) is 14.2. The Labute approximate surface area is 123 Å². The molecule has 0 amide bonds. The normalized spacial score (nSPS) is 12.5. The van der Waals surface area contributed by atoms with Crippen LogP contribution >= 0.6 is 23.2 Å². The Kier molecular flexibility index (Phi) is 4.07. The number of hydrogen-bond donors (Lipinski definition) is 1. The topological polar surface area (TPSA) is 29.9 Å². The minimum Gasteiger partial charge on any atom is -0.375 e. The van der Waals surface area contributed by atoms with Crippen LogP contribution in [-0.4, -0.2) is 9.78 Å². The molecule has 5 heteroatoms. The van der Waals surface area contributed by atoms with Gasteiger partial charge in [-0.05, 0) is 32.4 Å². The molecule has 0 bridgehead atoms. The van der Waals surface area contributed by atoms with Crippen LogP contribution in [0.25, 0.3) is 0 Å². The molecule has 0 saturated carbocycles. The molecule has 2 rings (SSSR count). The van der Waals surface area contributed by atoms with Crippen molar-refractivity contribution < 1.29 is 0 Å². The van der Waals surface area contributed by atoms with E-state index in [-0.39, 0.29) is 6.04 Å². The Bertz CT molecular complexity index is 605. The van der Waals surface area contributed by atoms with Gasteiger partial charge >= 0.3 is 0 Å². The molecule has 102 valence electrons. The number of rotatable bonds is 3. The van der Waals surface area contributed by atoms with Gasteiger partial charge in [-0.15, -0.1) is 0 Å². The van der Waals surface area contributed by atoms with Crippen LogP contribution in [0, 0.1) is 13.8 Å². The minimum absolute atomic E-state index is 0.0628. The SMILES string of the molecule is Cc1nn(C)c(C)c1NC(C)c1cccc(Cl)c1Cl. The van der Waals surface area contributed by atoms with E-state index in [0.717, 1.165) is 22.6 Å². The number of nitrogens with zero attached hydrogens (tertiary/aromatic N) is 2. The van der Waals surface area contributed by atoms with Crippen LogP contribution in [0.3, 0.4) is 0 Å². The molecule has 2 aromatic rings. The Balaban J connectivity index is 2.31. The van der Waals surface area contributed by atoms with Crippen LogP contribution < -0.4 is 5.32 Å². The fraction of sp³-hybridized carbons (Fsp3) is 0.357. The second kappa shape index (κ2) is 5.43. The van der Waals surface area contributed by atoms with Crippen LogP contribution in [0.2, 0.25) is 10.0 Å². The molecule has 1 N–H and O–H groups in total. The molecule has 3 nitrogen and oxygen atoms in total. The summed E-state index contributed by atoms with van der Waals surface area (Å²) in [6, 6.07) is 5.74. The molecule has 0 aliphatic carbocycles. The highest BCUT2D eigenvalue weighted by molar-refractivity contribution is 6.42. The lowest BCUT2D eigenvalue weighted by Gasteiger charge is -2.17. The van der Waals surface area contributed by atoms with Gasteiger partial charge in [-0.1, -0.05) is 35.3 Å². The summed E-state index contributed by atoms with van der Waals surface area (Å²) in [6.07, 6.45) is 0. The number of aromatic nitrogens is 2. The second-order valence-electron chi connectivity index (χ2n) is 4.68. The lowest BCUT2D eigenvalue weighted by atomic mass is 10.1. The number of benzene rings is 1. The maximum absolute atomic E-state index is 6.25. The summed E-state index contributed by atoms with van der Waals surface area (Å²) >= 11 is 12.3. The van der Waals surface area contributed by atoms with E-state index in [1.165, 1.54) is 0 Å². The number of hydrogen-bond acceptors (Lipinski definition) is 2. The predicted molar refractivity (Wildman–Crippen MR) is 81.2 cm³/mol. The van der Waals surface area contributed by atoms with E-state index in [2.05, 4.69) is 17.3 Å². The first-order chi connectivity index (χ1) is 8.91. The maximum Gasteiger partial charge on any atom is 0.0828 e. The molecule has 0 aliphatic heterocycles. The summed E-state index contributed by atoms with van der Waals surface area (Å²) in [5, 5.41) is 9.03. The van der Waals surface area contributed by atoms with Crippen molar-refractivity contribution in [3.63, 3.8) is 0 Å². The zero-order valence-corrected chi connectivity index (χ0v) is 13.0. The van der Waals surface area contributed by atoms with Gasteiger partial charge in [0.15, 0.2) is 0 Å². The van der Waals surface area contributed by atoms with Crippen LogP contribution in [0.15, 0.2) is 18.2 Å². The number of anilines is 1. The van der Waals surface area contributed by atoms with Crippen LogP contribution in [0.4, 0.5) is 5.69 Å². The predicted octanol–water partition coefficient (Wildman–Crippen LogP) is 4.52. The van der Waals surface area contributed by atoms with Crippen molar-refractivity contribution in [2.24, 2.45) is 7.05 Å². The van der Waals surface area contributed by atoms with Gasteiger partial charge in [0.25, 0.3) is 0 Å². The summed E-state index contributed by atoms with van der Waals surface area (Å²) in [5.74, 6) is 0. The van der Waals surface area contributed by atoms with Gasteiger partial charge in [0.1, 0.15) is 0 Å². The first-order valence-electron chi connectivity index (χ1n) is 6.12. The summed E-state index contributed by atoms with van der Waals surface area (Å²) in [7, 11) is 1.94. The van der Waals surface area contributed by atoms with E-state index in [4.69, 9.17) is 23.2 Å². The van der Waals surface area contributed by atoms with Gasteiger partial charge in [0, 0.05) is 7.05 Å². The summed E-state index contributed by atoms with van der Waals surface area (Å²) in [6.45, 7) is 6.08.